The van der Waals surface area contributed by atoms with E-state index in [0.717, 1.165) is 5.69 Å². The van der Waals surface area contributed by atoms with Crippen molar-refractivity contribution in [2.75, 3.05) is 31.6 Å². The molecule has 1 unspecified atom stereocenters. The van der Waals surface area contributed by atoms with Gasteiger partial charge < -0.3 is 14.8 Å². The summed E-state index contributed by atoms with van der Waals surface area (Å²) < 4.78 is 39.6. The first kappa shape index (κ1) is 27.2. The highest BCUT2D eigenvalue weighted by Crippen LogP contribution is 2.25. The molecular formula is C28H27N5O6S. The lowest BCUT2D eigenvalue weighted by molar-refractivity contribution is -0.123. The molecule has 12 heteroatoms. The number of sulfonamides is 1. The van der Waals surface area contributed by atoms with E-state index in [9.17, 15) is 18.0 Å². The summed E-state index contributed by atoms with van der Waals surface area (Å²) in [6.07, 6.45) is 3.56. The molecule has 3 heterocycles. The van der Waals surface area contributed by atoms with Crippen molar-refractivity contribution in [3.05, 3.63) is 90.9 Å². The predicted molar refractivity (Wildman–Crippen MR) is 146 cm³/mol. The van der Waals surface area contributed by atoms with Crippen LogP contribution >= 0.6 is 0 Å². The maximum absolute atomic E-state index is 13.2. The molecule has 11 nitrogen and oxygen atoms in total. The Kier molecular flexibility index (Phi) is 8.01. The standard InChI is InChI=1S/C28H27N5O6S/c1-20(27(34)30-22-8-5-11-24(17-22)40(36,37)32-13-15-38-16-14-32)39-28(35)25-19-33(23-9-3-2-4-10-23)31-26(25)21-7-6-12-29-18-21/h2-12,17-20H,13-16H2,1H3,(H,30,34). The number of pyridine rings is 1. The molecule has 0 bridgehead atoms. The van der Waals surface area contributed by atoms with Crippen LogP contribution in [0, 0.1) is 0 Å². The van der Waals surface area contributed by atoms with Crippen molar-refractivity contribution < 1.29 is 27.5 Å². The van der Waals surface area contributed by atoms with Gasteiger partial charge in [0.15, 0.2) is 6.10 Å². The Balaban J connectivity index is 1.32. The van der Waals surface area contributed by atoms with Crippen LogP contribution in [0.1, 0.15) is 17.3 Å². The first-order valence-electron chi connectivity index (χ1n) is 12.6. The fraction of sp³-hybridized carbons (Fsp3) is 0.214. The van der Waals surface area contributed by atoms with E-state index in [1.807, 2.05) is 30.3 Å². The van der Waals surface area contributed by atoms with Crippen molar-refractivity contribution in [2.45, 2.75) is 17.9 Å². The van der Waals surface area contributed by atoms with Gasteiger partial charge in [-0.15, -0.1) is 0 Å². The van der Waals surface area contributed by atoms with Crippen molar-refractivity contribution in [3.8, 4) is 16.9 Å². The Bertz CT molecular complexity index is 1600. The molecule has 4 aromatic rings. The maximum Gasteiger partial charge on any atom is 0.342 e. The normalized spacial score (nSPS) is 14.8. The minimum atomic E-state index is -3.75. The number of amides is 1. The van der Waals surface area contributed by atoms with Gasteiger partial charge in [-0.3, -0.25) is 9.78 Å². The summed E-state index contributed by atoms with van der Waals surface area (Å²) in [5, 5.41) is 7.21. The Morgan fingerprint density at radius 2 is 1.80 bits per heavy atom. The fourth-order valence-corrected chi connectivity index (χ4v) is 5.60. The first-order chi connectivity index (χ1) is 19.3. The van der Waals surface area contributed by atoms with Gasteiger partial charge in [0.1, 0.15) is 11.3 Å². The topological polar surface area (TPSA) is 133 Å². The molecule has 0 spiro atoms. The second kappa shape index (κ2) is 11.8. The van der Waals surface area contributed by atoms with Gasteiger partial charge in [-0.1, -0.05) is 24.3 Å². The monoisotopic (exact) mass is 561 g/mol. The second-order valence-corrected chi connectivity index (χ2v) is 10.9. The number of esters is 1. The number of carbonyl (C=O) groups is 2. The molecule has 0 saturated carbocycles. The van der Waals surface area contributed by atoms with Gasteiger partial charge in [0.25, 0.3) is 5.91 Å². The number of ether oxygens (including phenoxy) is 2. The van der Waals surface area contributed by atoms with Crippen LogP contribution in [0.25, 0.3) is 16.9 Å². The van der Waals surface area contributed by atoms with Crippen LogP contribution in [0.15, 0.2) is 90.2 Å². The predicted octanol–water partition coefficient (Wildman–Crippen LogP) is 3.14. The van der Waals surface area contributed by atoms with Crippen molar-refractivity contribution in [3.63, 3.8) is 0 Å². The number of hydrogen-bond acceptors (Lipinski definition) is 8. The van der Waals surface area contributed by atoms with E-state index in [1.165, 1.54) is 29.4 Å². The number of nitrogens with zero attached hydrogens (tertiary/aromatic N) is 4. The van der Waals surface area contributed by atoms with Gasteiger partial charge in [-0.05, 0) is 49.4 Å². The number of anilines is 1. The molecule has 2 aromatic heterocycles. The summed E-state index contributed by atoms with van der Waals surface area (Å²) in [5.41, 5.74) is 2.13. The van der Waals surface area contributed by atoms with Crippen LogP contribution in [-0.2, 0) is 24.3 Å². The molecule has 40 heavy (non-hydrogen) atoms. The fourth-order valence-electron chi connectivity index (χ4n) is 4.14. The van der Waals surface area contributed by atoms with Crippen molar-refractivity contribution in [1.82, 2.24) is 19.1 Å². The quantitative estimate of drug-likeness (QED) is 0.325. The molecule has 2 aromatic carbocycles. The minimum Gasteiger partial charge on any atom is -0.449 e. The highest BCUT2D eigenvalue weighted by Gasteiger charge is 2.28. The summed E-state index contributed by atoms with van der Waals surface area (Å²) in [4.78, 5) is 30.3. The molecule has 1 aliphatic heterocycles. The lowest BCUT2D eigenvalue weighted by atomic mass is 10.1. The minimum absolute atomic E-state index is 0.0475. The van der Waals surface area contributed by atoms with E-state index in [1.54, 1.807) is 41.5 Å². The molecular weight excluding hydrogens is 534 g/mol. The van der Waals surface area contributed by atoms with Gasteiger partial charge in [0.05, 0.1) is 23.8 Å². The molecule has 1 atom stereocenters. The summed E-state index contributed by atoms with van der Waals surface area (Å²) in [6.45, 7) is 2.60. The highest BCUT2D eigenvalue weighted by molar-refractivity contribution is 7.89. The smallest absolute Gasteiger partial charge is 0.342 e. The molecule has 1 saturated heterocycles. The first-order valence-corrected chi connectivity index (χ1v) is 14.0. The SMILES string of the molecule is CC(OC(=O)c1cn(-c2ccccc2)nc1-c1cccnc1)C(=O)Nc1cccc(S(=O)(=O)N2CCOCC2)c1. The number of benzene rings is 2. The Hall–Kier alpha value is -4.39. The van der Waals surface area contributed by atoms with Crippen molar-refractivity contribution in [2.24, 2.45) is 0 Å². The zero-order chi connectivity index (χ0) is 28.1. The number of nitrogens with one attached hydrogen (secondary N) is 1. The Labute approximate surface area is 231 Å². The number of aromatic nitrogens is 3. The van der Waals surface area contributed by atoms with Gasteiger partial charge in [-0.25, -0.2) is 17.9 Å². The van der Waals surface area contributed by atoms with Gasteiger partial charge in [0, 0.05) is 42.9 Å². The van der Waals surface area contributed by atoms with Crippen LogP contribution in [0.3, 0.4) is 0 Å². The number of carbonyl (C=O) groups excluding carboxylic acids is 2. The van der Waals surface area contributed by atoms with Crippen LogP contribution in [-0.4, -0.2) is 71.8 Å². The largest absolute Gasteiger partial charge is 0.449 e. The third-order valence-corrected chi connectivity index (χ3v) is 8.15. The second-order valence-electron chi connectivity index (χ2n) is 8.99. The summed E-state index contributed by atoms with van der Waals surface area (Å²) in [7, 11) is -3.75. The lowest BCUT2D eigenvalue weighted by Crippen LogP contribution is -2.40. The molecule has 0 aliphatic carbocycles. The van der Waals surface area contributed by atoms with E-state index in [4.69, 9.17) is 9.47 Å². The van der Waals surface area contributed by atoms with Crippen molar-refractivity contribution >= 4 is 27.6 Å². The third-order valence-electron chi connectivity index (χ3n) is 6.25. The van der Waals surface area contributed by atoms with Crippen LogP contribution in [0.5, 0.6) is 0 Å². The zero-order valence-corrected chi connectivity index (χ0v) is 22.5. The number of morpholine rings is 1. The third kappa shape index (κ3) is 5.93. The maximum atomic E-state index is 13.2. The van der Waals surface area contributed by atoms with E-state index in [-0.39, 0.29) is 29.2 Å². The number of hydrogen-bond donors (Lipinski definition) is 1. The molecule has 206 valence electrons. The van der Waals surface area contributed by atoms with Crippen LogP contribution in [0.4, 0.5) is 5.69 Å². The van der Waals surface area contributed by atoms with Crippen LogP contribution < -0.4 is 5.32 Å². The van der Waals surface area contributed by atoms with Crippen LogP contribution in [0.2, 0.25) is 0 Å². The molecule has 1 amide bonds. The molecule has 1 N–H and O–H groups in total. The van der Waals surface area contributed by atoms with E-state index in [0.29, 0.717) is 24.5 Å². The molecule has 5 rings (SSSR count). The molecule has 0 radical (unpaired) electrons. The zero-order valence-electron chi connectivity index (χ0n) is 21.6. The van der Waals surface area contributed by atoms with Gasteiger partial charge in [0.2, 0.25) is 10.0 Å². The van der Waals surface area contributed by atoms with Gasteiger partial charge in [-0.2, -0.15) is 9.40 Å². The van der Waals surface area contributed by atoms with E-state index in [2.05, 4.69) is 15.4 Å². The summed E-state index contributed by atoms with van der Waals surface area (Å²) in [5.74, 6) is -1.36. The average Bonchev–Trinajstić information content (AvgIpc) is 3.45. The summed E-state index contributed by atoms with van der Waals surface area (Å²) >= 11 is 0. The average molecular weight is 562 g/mol. The van der Waals surface area contributed by atoms with E-state index < -0.39 is 28.0 Å². The molecule has 1 aliphatic rings. The van der Waals surface area contributed by atoms with Gasteiger partial charge >= 0.3 is 5.97 Å². The van der Waals surface area contributed by atoms with E-state index >= 15 is 0 Å². The molecule has 1 fully saturated rings. The van der Waals surface area contributed by atoms with Crippen molar-refractivity contribution in [1.29, 1.82) is 0 Å². The Morgan fingerprint density at radius 1 is 1.02 bits per heavy atom. The number of rotatable bonds is 8. The number of para-hydroxylation sites is 1. The summed E-state index contributed by atoms with van der Waals surface area (Å²) in [6, 6.07) is 18.7. The lowest BCUT2D eigenvalue weighted by Gasteiger charge is -2.26. The highest BCUT2D eigenvalue weighted by atomic mass is 32.2. The Morgan fingerprint density at radius 3 is 2.52 bits per heavy atom.